The maximum atomic E-state index is 9.45. The van der Waals surface area contributed by atoms with Crippen LogP contribution in [0.2, 0.25) is 0 Å². The van der Waals surface area contributed by atoms with Crippen molar-refractivity contribution < 1.29 is 36.7 Å². The van der Waals surface area contributed by atoms with E-state index in [0.29, 0.717) is 0 Å². The summed E-state index contributed by atoms with van der Waals surface area (Å²) in [6.07, 6.45) is -1.23. The number of aliphatic hydroxyl groups excluding tert-OH is 1. The third-order valence-corrected chi connectivity index (χ3v) is 0.357. The molecule has 0 fully saturated rings. The second kappa shape index (κ2) is 14.0. The average molecular weight is 218 g/mol. The molecule has 0 aliphatic rings. The van der Waals surface area contributed by atoms with Crippen molar-refractivity contribution in [1.82, 2.24) is 0 Å². The molecule has 0 aliphatic carbocycles. The first-order valence-electron chi connectivity index (χ1n) is 1.55. The van der Waals surface area contributed by atoms with Gasteiger partial charge in [-0.15, -0.1) is 0 Å². The predicted octanol–water partition coefficient (Wildman–Crippen LogP) is -1.85. The van der Waals surface area contributed by atoms with Crippen LogP contribution in [0.1, 0.15) is 6.92 Å². The number of aliphatic hydroxyl groups is 1. The van der Waals surface area contributed by atoms with Gasteiger partial charge in [-0.3, -0.25) is 0 Å². The third-order valence-electron chi connectivity index (χ3n) is 0.357. The molecule has 0 aromatic carbocycles. The summed E-state index contributed by atoms with van der Waals surface area (Å²) in [5.74, 6) is -1.19. The molecule has 0 amide bonds. The Morgan fingerprint density at radius 2 is 1.56 bits per heavy atom. The van der Waals surface area contributed by atoms with E-state index in [9.17, 15) is 4.79 Å². The minimum Gasteiger partial charge on any atom is 0 e. The van der Waals surface area contributed by atoms with Crippen molar-refractivity contribution in [3.8, 4) is 0 Å². The van der Waals surface area contributed by atoms with Crippen LogP contribution in [-0.4, -0.2) is 125 Å². The van der Waals surface area contributed by atoms with Crippen molar-refractivity contribution in [2.75, 3.05) is 0 Å². The zero-order valence-electron chi connectivity index (χ0n) is 3.88. The van der Waals surface area contributed by atoms with Crippen LogP contribution >= 0.6 is 0 Å². The summed E-state index contributed by atoms with van der Waals surface area (Å²) in [7, 11) is 0. The van der Waals surface area contributed by atoms with Gasteiger partial charge in [0, 0.05) is 21.7 Å². The van der Waals surface area contributed by atoms with Gasteiger partial charge in [-0.25, -0.2) is 4.79 Å². The Kier molecular flexibility index (Phi) is 35.5. The van der Waals surface area contributed by atoms with Crippen LogP contribution in [0.5, 0.6) is 0 Å². The Bertz CT molecular complexity index is 68.1. The monoisotopic (exact) mass is 218 g/mol. The van der Waals surface area contributed by atoms with Crippen LogP contribution in [0.15, 0.2) is 0 Å². The van der Waals surface area contributed by atoms with E-state index in [2.05, 4.69) is 0 Å². The minimum atomic E-state index is -1.23. The molecule has 0 aromatic rings. The Morgan fingerprint density at radius 3 is 1.56 bits per heavy atom. The normalized spacial score (nSPS) is 9.11. The average Bonchev–Trinajstić information content (AvgIpc) is 1.36. The third kappa shape index (κ3) is 18.4. The molecule has 6 heteroatoms. The molecule has 1 atom stereocenters. The van der Waals surface area contributed by atoms with Crippen LogP contribution < -0.4 is 0 Å². The number of aliphatic carboxylic acids is 1. The minimum absolute atomic E-state index is 0. The summed E-state index contributed by atoms with van der Waals surface area (Å²) < 4.78 is 0. The summed E-state index contributed by atoms with van der Waals surface area (Å²) in [5, 5.41) is 15.8. The fraction of sp³-hybridized carbons (Fsp3) is 0.667. The van der Waals surface area contributed by atoms with E-state index in [4.69, 9.17) is 10.2 Å². The predicted molar refractivity (Wildman–Crippen MR) is 33.6 cm³/mol. The van der Waals surface area contributed by atoms with E-state index < -0.39 is 12.1 Å². The summed E-state index contributed by atoms with van der Waals surface area (Å²) in [4.78, 5) is 9.45. The quantitative estimate of drug-likeness (QED) is 0.508. The molecule has 2 N–H and O–H groups in total. The molecular formula is C3H8K2O3Ti. The molecule has 0 saturated heterocycles. The Labute approximate surface area is 154 Å². The number of carbonyl (C=O) groups is 1. The second-order valence-corrected chi connectivity index (χ2v) is 1.01. The molecule has 0 rings (SSSR count). The van der Waals surface area contributed by atoms with E-state index >= 15 is 0 Å². The van der Waals surface area contributed by atoms with Gasteiger partial charge in [0.15, 0.2) is 0 Å². The van der Waals surface area contributed by atoms with Crippen LogP contribution in [-0.2, 0) is 26.5 Å². The van der Waals surface area contributed by atoms with E-state index in [0.717, 1.165) is 0 Å². The summed E-state index contributed by atoms with van der Waals surface area (Å²) in [5.41, 5.74) is 0. The number of rotatable bonds is 1. The van der Waals surface area contributed by atoms with E-state index in [1.165, 1.54) is 6.92 Å². The van der Waals surface area contributed by atoms with Gasteiger partial charge in [-0.1, -0.05) is 0 Å². The van der Waals surface area contributed by atoms with Gasteiger partial charge in [0.2, 0.25) is 0 Å². The van der Waals surface area contributed by atoms with Gasteiger partial charge >= 0.3 is 109 Å². The molecule has 1 unspecified atom stereocenters. The molecule has 44 valence electrons. The number of carboxylic acid groups (broad SMARTS) is 1. The Hall–Kier alpha value is 3.42. The van der Waals surface area contributed by atoms with Crippen LogP contribution in [0.4, 0.5) is 0 Å². The van der Waals surface area contributed by atoms with Gasteiger partial charge in [0.1, 0.15) is 6.10 Å². The molecule has 0 saturated carbocycles. The van der Waals surface area contributed by atoms with E-state index in [-0.39, 0.29) is 124 Å². The fourth-order valence-electron chi connectivity index (χ4n) is 0. The maximum absolute atomic E-state index is 9.45. The summed E-state index contributed by atoms with van der Waals surface area (Å²) >= 11 is 0. The van der Waals surface area contributed by atoms with Gasteiger partial charge in [0.25, 0.3) is 0 Å². The number of carboxylic acids is 1. The Morgan fingerprint density at radius 1 is 1.44 bits per heavy atom. The molecule has 0 bridgehead atoms. The maximum Gasteiger partial charge on any atom is 0 e. The molecule has 3 nitrogen and oxygen atoms in total. The molecular weight excluding hydrogens is 210 g/mol. The Balaban J connectivity index is -0.0000000417. The largest absolute Gasteiger partial charge is 0 e. The number of hydrogen-bond donors (Lipinski definition) is 2. The number of hydrogen-bond acceptors (Lipinski definition) is 2. The molecule has 0 aromatic heterocycles. The van der Waals surface area contributed by atoms with Gasteiger partial charge in [-0.2, -0.15) is 0 Å². The first kappa shape index (κ1) is 22.8. The zero-order chi connectivity index (χ0) is 5.15. The van der Waals surface area contributed by atoms with E-state index in [1.807, 2.05) is 0 Å². The van der Waals surface area contributed by atoms with Gasteiger partial charge < -0.3 is 10.2 Å². The van der Waals surface area contributed by atoms with Gasteiger partial charge in [-0.05, 0) is 6.92 Å². The second-order valence-electron chi connectivity index (χ2n) is 1.01. The first-order valence-corrected chi connectivity index (χ1v) is 1.55. The molecule has 0 spiro atoms. The molecule has 0 radical (unpaired) electrons. The SMILES string of the molecule is CC(O)C(=O)O.[KH].[KH].[Ti]. The fourth-order valence-corrected chi connectivity index (χ4v) is 0. The van der Waals surface area contributed by atoms with Crippen molar-refractivity contribution in [3.05, 3.63) is 0 Å². The summed E-state index contributed by atoms with van der Waals surface area (Å²) in [6, 6.07) is 0. The smallest absolute Gasteiger partial charge is 0 e. The van der Waals surface area contributed by atoms with Crippen molar-refractivity contribution in [1.29, 1.82) is 0 Å². The van der Waals surface area contributed by atoms with Crippen molar-refractivity contribution in [3.63, 3.8) is 0 Å². The van der Waals surface area contributed by atoms with Crippen molar-refractivity contribution >= 4 is 109 Å². The zero-order valence-corrected chi connectivity index (χ0v) is 5.44. The van der Waals surface area contributed by atoms with Crippen LogP contribution in [0.3, 0.4) is 0 Å². The van der Waals surface area contributed by atoms with Crippen molar-refractivity contribution in [2.45, 2.75) is 13.0 Å². The van der Waals surface area contributed by atoms with Crippen molar-refractivity contribution in [2.24, 2.45) is 0 Å². The first-order chi connectivity index (χ1) is 2.64. The van der Waals surface area contributed by atoms with E-state index in [1.54, 1.807) is 0 Å². The molecule has 0 heterocycles. The molecule has 9 heavy (non-hydrogen) atoms. The topological polar surface area (TPSA) is 57.5 Å². The van der Waals surface area contributed by atoms with Crippen LogP contribution in [0.25, 0.3) is 0 Å². The summed E-state index contributed by atoms with van der Waals surface area (Å²) in [6.45, 7) is 1.20. The molecule has 0 aliphatic heterocycles. The van der Waals surface area contributed by atoms with Gasteiger partial charge in [0.05, 0.1) is 0 Å². The van der Waals surface area contributed by atoms with Crippen LogP contribution in [0, 0.1) is 0 Å². The standard InChI is InChI=1S/C3H6O3.2K.Ti.2H/c1-2(4)3(5)6;;;;;/h2,4H,1H3,(H,5,6);;;;;.